The lowest BCUT2D eigenvalue weighted by Crippen LogP contribution is -1.95. The van der Waals surface area contributed by atoms with E-state index in [1.807, 2.05) is 42.5 Å². The Morgan fingerprint density at radius 3 is 2.16 bits per heavy atom. The summed E-state index contributed by atoms with van der Waals surface area (Å²) >= 11 is 12.9. The lowest BCUT2D eigenvalue weighted by Gasteiger charge is -2.14. The summed E-state index contributed by atoms with van der Waals surface area (Å²) in [5.74, 6) is 0. The number of halogens is 2. The average molecular weight is 287 g/mol. The van der Waals surface area contributed by atoms with E-state index in [-0.39, 0.29) is 5.38 Å². The van der Waals surface area contributed by atoms with Crippen LogP contribution in [0.4, 0.5) is 0 Å². The molecular formula is C17H12Cl2. The number of alkyl halides is 1. The van der Waals surface area contributed by atoms with Crippen LogP contribution >= 0.6 is 23.2 Å². The van der Waals surface area contributed by atoms with Crippen molar-refractivity contribution in [1.82, 2.24) is 0 Å². The Labute approximate surface area is 122 Å². The maximum atomic E-state index is 6.63. The molecule has 3 aromatic rings. The molecule has 0 aliphatic rings. The Hall–Kier alpha value is -1.50. The van der Waals surface area contributed by atoms with Crippen molar-refractivity contribution in [3.8, 4) is 0 Å². The minimum absolute atomic E-state index is 0.236. The van der Waals surface area contributed by atoms with E-state index in [1.165, 1.54) is 10.8 Å². The summed E-state index contributed by atoms with van der Waals surface area (Å²) in [6, 6.07) is 22.2. The molecule has 0 saturated heterocycles. The fourth-order valence-corrected chi connectivity index (χ4v) is 3.00. The largest absolute Gasteiger partial charge is 0.113 e. The van der Waals surface area contributed by atoms with Crippen LogP contribution in [0.2, 0.25) is 5.02 Å². The number of rotatable bonds is 2. The van der Waals surface area contributed by atoms with Crippen molar-refractivity contribution >= 4 is 34.0 Å². The molecule has 0 spiro atoms. The van der Waals surface area contributed by atoms with Gasteiger partial charge < -0.3 is 0 Å². The molecule has 0 aromatic heterocycles. The zero-order valence-corrected chi connectivity index (χ0v) is 11.7. The van der Waals surface area contributed by atoms with E-state index < -0.39 is 0 Å². The molecule has 1 unspecified atom stereocenters. The van der Waals surface area contributed by atoms with Crippen molar-refractivity contribution in [2.24, 2.45) is 0 Å². The van der Waals surface area contributed by atoms with Crippen LogP contribution in [0.5, 0.6) is 0 Å². The van der Waals surface area contributed by atoms with Crippen LogP contribution in [0.1, 0.15) is 16.5 Å². The summed E-state index contributed by atoms with van der Waals surface area (Å²) in [6.45, 7) is 0. The van der Waals surface area contributed by atoms with Gasteiger partial charge in [0.15, 0.2) is 0 Å². The Bertz CT molecular complexity index is 714. The van der Waals surface area contributed by atoms with Crippen LogP contribution in [0.25, 0.3) is 10.8 Å². The molecular weight excluding hydrogens is 275 g/mol. The van der Waals surface area contributed by atoms with Crippen LogP contribution in [0.15, 0.2) is 66.7 Å². The monoisotopic (exact) mass is 286 g/mol. The van der Waals surface area contributed by atoms with Crippen LogP contribution in [-0.2, 0) is 0 Å². The van der Waals surface area contributed by atoms with E-state index in [0.29, 0.717) is 5.02 Å². The van der Waals surface area contributed by atoms with Gasteiger partial charge in [-0.25, -0.2) is 0 Å². The zero-order chi connectivity index (χ0) is 13.2. The van der Waals surface area contributed by atoms with Gasteiger partial charge in [-0.3, -0.25) is 0 Å². The summed E-state index contributed by atoms with van der Waals surface area (Å²) in [4.78, 5) is 0. The molecule has 3 rings (SSSR count). The van der Waals surface area contributed by atoms with Gasteiger partial charge in [-0.05, 0) is 28.0 Å². The van der Waals surface area contributed by atoms with Crippen molar-refractivity contribution in [3.63, 3.8) is 0 Å². The van der Waals surface area contributed by atoms with Gasteiger partial charge in [-0.1, -0.05) is 72.3 Å². The smallest absolute Gasteiger partial charge is 0.0855 e. The van der Waals surface area contributed by atoms with Gasteiger partial charge in [0.1, 0.15) is 0 Å². The fraction of sp³-hybridized carbons (Fsp3) is 0.0588. The third kappa shape index (κ3) is 2.34. The molecule has 0 heterocycles. The van der Waals surface area contributed by atoms with Crippen LogP contribution in [0, 0.1) is 0 Å². The highest BCUT2D eigenvalue weighted by molar-refractivity contribution is 6.33. The van der Waals surface area contributed by atoms with E-state index in [9.17, 15) is 0 Å². The van der Waals surface area contributed by atoms with E-state index in [1.54, 1.807) is 0 Å². The average Bonchev–Trinajstić information content (AvgIpc) is 2.46. The molecule has 0 aliphatic heterocycles. The minimum Gasteiger partial charge on any atom is -0.113 e. The third-order valence-corrected chi connectivity index (χ3v) is 4.09. The van der Waals surface area contributed by atoms with E-state index >= 15 is 0 Å². The zero-order valence-electron chi connectivity index (χ0n) is 10.2. The Morgan fingerprint density at radius 1 is 0.684 bits per heavy atom. The normalized spacial score (nSPS) is 12.5. The van der Waals surface area contributed by atoms with Crippen LogP contribution in [-0.4, -0.2) is 0 Å². The van der Waals surface area contributed by atoms with Gasteiger partial charge in [0.05, 0.1) is 5.38 Å². The standard InChI is InChI=1S/C17H12Cl2/c18-16-11-4-3-9-15(16)17(19)14-10-5-7-12-6-1-2-8-13(12)14/h1-11,17H. The number of hydrogen-bond donors (Lipinski definition) is 0. The second-order valence-electron chi connectivity index (χ2n) is 4.45. The maximum absolute atomic E-state index is 6.63. The molecule has 0 saturated carbocycles. The Balaban J connectivity index is 2.17. The van der Waals surface area contributed by atoms with Crippen molar-refractivity contribution in [1.29, 1.82) is 0 Å². The Morgan fingerprint density at radius 2 is 1.32 bits per heavy atom. The van der Waals surface area contributed by atoms with E-state index in [4.69, 9.17) is 23.2 Å². The summed E-state index contributed by atoms with van der Waals surface area (Å²) in [7, 11) is 0. The van der Waals surface area contributed by atoms with Gasteiger partial charge in [0.25, 0.3) is 0 Å². The molecule has 19 heavy (non-hydrogen) atoms. The summed E-state index contributed by atoms with van der Waals surface area (Å²) in [5, 5.41) is 2.83. The van der Waals surface area contributed by atoms with Gasteiger partial charge in [-0.2, -0.15) is 0 Å². The first-order valence-corrected chi connectivity index (χ1v) is 6.95. The molecule has 0 fully saturated rings. The summed E-state index contributed by atoms with van der Waals surface area (Å²) in [5.41, 5.74) is 2.04. The topological polar surface area (TPSA) is 0 Å². The van der Waals surface area contributed by atoms with E-state index in [2.05, 4.69) is 24.3 Å². The summed E-state index contributed by atoms with van der Waals surface area (Å²) < 4.78 is 0. The molecule has 0 radical (unpaired) electrons. The minimum atomic E-state index is -0.236. The molecule has 0 aliphatic carbocycles. The molecule has 94 valence electrons. The quantitative estimate of drug-likeness (QED) is 0.521. The van der Waals surface area contributed by atoms with E-state index in [0.717, 1.165) is 11.1 Å². The van der Waals surface area contributed by atoms with Crippen LogP contribution in [0.3, 0.4) is 0 Å². The van der Waals surface area contributed by atoms with Gasteiger partial charge in [0, 0.05) is 5.02 Å². The van der Waals surface area contributed by atoms with Gasteiger partial charge in [-0.15, -0.1) is 11.6 Å². The molecule has 0 nitrogen and oxygen atoms in total. The first-order valence-electron chi connectivity index (χ1n) is 6.13. The highest BCUT2D eigenvalue weighted by Crippen LogP contribution is 2.36. The third-order valence-electron chi connectivity index (χ3n) is 3.27. The van der Waals surface area contributed by atoms with Gasteiger partial charge >= 0.3 is 0 Å². The molecule has 0 bridgehead atoms. The second-order valence-corrected chi connectivity index (χ2v) is 5.30. The maximum Gasteiger partial charge on any atom is 0.0855 e. The molecule has 0 amide bonds. The molecule has 0 N–H and O–H groups in total. The predicted octanol–water partition coefficient (Wildman–Crippen LogP) is 5.82. The molecule has 3 aromatic carbocycles. The number of hydrogen-bond acceptors (Lipinski definition) is 0. The summed E-state index contributed by atoms with van der Waals surface area (Å²) in [6.07, 6.45) is 0. The van der Waals surface area contributed by atoms with Crippen molar-refractivity contribution < 1.29 is 0 Å². The first-order chi connectivity index (χ1) is 9.27. The van der Waals surface area contributed by atoms with Crippen molar-refractivity contribution in [2.75, 3.05) is 0 Å². The van der Waals surface area contributed by atoms with Gasteiger partial charge in [0.2, 0.25) is 0 Å². The highest BCUT2D eigenvalue weighted by atomic mass is 35.5. The lowest BCUT2D eigenvalue weighted by molar-refractivity contribution is 1.16. The SMILES string of the molecule is Clc1ccccc1C(Cl)c1cccc2ccccc12. The van der Waals surface area contributed by atoms with Crippen LogP contribution < -0.4 is 0 Å². The highest BCUT2D eigenvalue weighted by Gasteiger charge is 2.15. The second kappa shape index (κ2) is 5.24. The lowest BCUT2D eigenvalue weighted by atomic mass is 9.98. The first kappa shape index (κ1) is 12.5. The number of benzene rings is 3. The predicted molar refractivity (Wildman–Crippen MR) is 83.1 cm³/mol. The van der Waals surface area contributed by atoms with Crippen molar-refractivity contribution in [2.45, 2.75) is 5.38 Å². The molecule has 1 atom stereocenters. The number of fused-ring (bicyclic) bond motifs is 1. The molecule has 2 heteroatoms. The Kier molecular flexibility index (Phi) is 3.46. The fourth-order valence-electron chi connectivity index (χ4n) is 2.32. The van der Waals surface area contributed by atoms with Crippen molar-refractivity contribution in [3.05, 3.63) is 82.9 Å².